The van der Waals surface area contributed by atoms with E-state index in [1.54, 1.807) is 0 Å². The van der Waals surface area contributed by atoms with Crippen LogP contribution in [0.5, 0.6) is 0 Å². The SMILES string of the molecule is Cc1cc2c3c(ccn3CC(N=[N+]=[N-])C2)c1. The van der Waals surface area contributed by atoms with Crippen LogP contribution in [0.1, 0.15) is 11.1 Å². The summed E-state index contributed by atoms with van der Waals surface area (Å²) < 4.78 is 2.19. The van der Waals surface area contributed by atoms with Crippen molar-refractivity contribution in [3.05, 3.63) is 46.0 Å². The summed E-state index contributed by atoms with van der Waals surface area (Å²) >= 11 is 0. The molecule has 0 radical (unpaired) electrons. The first-order chi connectivity index (χ1) is 7.78. The molecule has 4 nitrogen and oxygen atoms in total. The van der Waals surface area contributed by atoms with E-state index >= 15 is 0 Å². The minimum atomic E-state index is 0.0508. The second-order valence-corrected chi connectivity index (χ2v) is 4.39. The first kappa shape index (κ1) is 9.31. The Morgan fingerprint density at radius 3 is 3.19 bits per heavy atom. The van der Waals surface area contributed by atoms with Gasteiger partial charge in [-0.05, 0) is 36.6 Å². The van der Waals surface area contributed by atoms with Gasteiger partial charge in [-0.1, -0.05) is 16.7 Å². The number of aryl methyl sites for hydroxylation is 1. The van der Waals surface area contributed by atoms with Crippen LogP contribution < -0.4 is 0 Å². The van der Waals surface area contributed by atoms with Crippen LogP contribution in [0.25, 0.3) is 21.3 Å². The summed E-state index contributed by atoms with van der Waals surface area (Å²) in [7, 11) is 0. The molecule has 1 unspecified atom stereocenters. The summed E-state index contributed by atoms with van der Waals surface area (Å²) in [5.74, 6) is 0. The smallest absolute Gasteiger partial charge is 0.0594 e. The van der Waals surface area contributed by atoms with E-state index in [1.807, 2.05) is 0 Å². The minimum Gasteiger partial charge on any atom is -0.347 e. The zero-order chi connectivity index (χ0) is 11.1. The van der Waals surface area contributed by atoms with Gasteiger partial charge in [-0.3, -0.25) is 0 Å². The maximum absolute atomic E-state index is 8.51. The van der Waals surface area contributed by atoms with Gasteiger partial charge in [0.2, 0.25) is 0 Å². The molecule has 3 rings (SSSR count). The molecule has 80 valence electrons. The molecule has 1 aliphatic heterocycles. The van der Waals surface area contributed by atoms with Crippen LogP contribution in [0.2, 0.25) is 0 Å². The molecule has 0 N–H and O–H groups in total. The van der Waals surface area contributed by atoms with Gasteiger partial charge in [0.05, 0.1) is 11.6 Å². The van der Waals surface area contributed by atoms with E-state index in [4.69, 9.17) is 5.53 Å². The Morgan fingerprint density at radius 2 is 2.38 bits per heavy atom. The summed E-state index contributed by atoms with van der Waals surface area (Å²) in [6, 6.07) is 6.57. The molecule has 0 fully saturated rings. The third kappa shape index (κ3) is 1.27. The number of aromatic nitrogens is 1. The van der Waals surface area contributed by atoms with Crippen LogP contribution in [0.4, 0.5) is 0 Å². The topological polar surface area (TPSA) is 53.7 Å². The Kier molecular flexibility index (Phi) is 1.91. The maximum atomic E-state index is 8.51. The van der Waals surface area contributed by atoms with Gasteiger partial charge in [0.15, 0.2) is 0 Å². The molecule has 2 heterocycles. The Hall–Kier alpha value is -1.93. The second-order valence-electron chi connectivity index (χ2n) is 4.39. The van der Waals surface area contributed by atoms with Crippen molar-refractivity contribution < 1.29 is 0 Å². The van der Waals surface area contributed by atoms with Crippen LogP contribution in [0.15, 0.2) is 29.5 Å². The fourth-order valence-corrected chi connectivity index (χ4v) is 2.61. The molecule has 0 spiro atoms. The molecule has 0 saturated heterocycles. The summed E-state index contributed by atoms with van der Waals surface area (Å²) in [6.45, 7) is 2.90. The van der Waals surface area contributed by atoms with Gasteiger partial charge in [0.25, 0.3) is 0 Å². The number of benzene rings is 1. The highest BCUT2D eigenvalue weighted by Gasteiger charge is 2.19. The summed E-state index contributed by atoms with van der Waals surface area (Å²) in [4.78, 5) is 2.91. The van der Waals surface area contributed by atoms with Crippen LogP contribution in [-0.2, 0) is 13.0 Å². The molecule has 4 heteroatoms. The van der Waals surface area contributed by atoms with Gasteiger partial charge in [-0.15, -0.1) is 0 Å². The van der Waals surface area contributed by atoms with E-state index in [0.29, 0.717) is 0 Å². The lowest BCUT2D eigenvalue weighted by Crippen LogP contribution is -2.21. The largest absolute Gasteiger partial charge is 0.347 e. The van der Waals surface area contributed by atoms with Gasteiger partial charge in [-0.2, -0.15) is 0 Å². The molecule has 0 amide bonds. The minimum absolute atomic E-state index is 0.0508. The van der Waals surface area contributed by atoms with Crippen LogP contribution >= 0.6 is 0 Å². The summed E-state index contributed by atoms with van der Waals surface area (Å²) in [5, 5.41) is 5.12. The van der Waals surface area contributed by atoms with Gasteiger partial charge >= 0.3 is 0 Å². The van der Waals surface area contributed by atoms with E-state index in [9.17, 15) is 0 Å². The van der Waals surface area contributed by atoms with Crippen molar-refractivity contribution in [2.24, 2.45) is 5.11 Å². The van der Waals surface area contributed by atoms with Gasteiger partial charge < -0.3 is 4.57 Å². The number of azide groups is 1. The van der Waals surface area contributed by atoms with E-state index in [-0.39, 0.29) is 6.04 Å². The van der Waals surface area contributed by atoms with Crippen molar-refractivity contribution >= 4 is 10.9 Å². The molecule has 2 aromatic rings. The number of hydrogen-bond donors (Lipinski definition) is 0. The third-order valence-electron chi connectivity index (χ3n) is 3.16. The Morgan fingerprint density at radius 1 is 1.50 bits per heavy atom. The molecule has 1 aromatic heterocycles. The lowest BCUT2D eigenvalue weighted by atomic mass is 9.98. The van der Waals surface area contributed by atoms with E-state index in [0.717, 1.165) is 13.0 Å². The zero-order valence-corrected chi connectivity index (χ0v) is 9.09. The Labute approximate surface area is 93.1 Å². The van der Waals surface area contributed by atoms with E-state index in [2.05, 4.69) is 45.9 Å². The summed E-state index contributed by atoms with van der Waals surface area (Å²) in [5.41, 5.74) is 12.4. The van der Waals surface area contributed by atoms with Crippen molar-refractivity contribution in [1.29, 1.82) is 0 Å². The first-order valence-corrected chi connectivity index (χ1v) is 5.40. The highest BCUT2D eigenvalue weighted by atomic mass is 15.2. The number of rotatable bonds is 1. The quantitative estimate of drug-likeness (QED) is 0.396. The normalized spacial score (nSPS) is 18.4. The molecular weight excluding hydrogens is 200 g/mol. The van der Waals surface area contributed by atoms with Crippen molar-refractivity contribution in [3.8, 4) is 0 Å². The van der Waals surface area contributed by atoms with Crippen molar-refractivity contribution in [2.75, 3.05) is 0 Å². The predicted octanol–water partition coefficient (Wildman–Crippen LogP) is 3.18. The molecular formula is C12H12N4. The Balaban J connectivity index is 2.22. The number of nitrogens with zero attached hydrogens (tertiary/aromatic N) is 4. The molecule has 0 bridgehead atoms. The first-order valence-electron chi connectivity index (χ1n) is 5.40. The van der Waals surface area contributed by atoms with Crippen LogP contribution in [0, 0.1) is 6.92 Å². The van der Waals surface area contributed by atoms with Crippen molar-refractivity contribution in [2.45, 2.75) is 25.9 Å². The van der Waals surface area contributed by atoms with Crippen LogP contribution in [0.3, 0.4) is 0 Å². The summed E-state index contributed by atoms with van der Waals surface area (Å²) in [6.07, 6.45) is 2.93. The molecule has 0 saturated carbocycles. The average molecular weight is 212 g/mol. The lowest BCUT2D eigenvalue weighted by Gasteiger charge is -2.21. The monoisotopic (exact) mass is 212 g/mol. The molecule has 1 aliphatic rings. The Bertz CT molecular complexity index is 605. The molecule has 16 heavy (non-hydrogen) atoms. The van der Waals surface area contributed by atoms with Crippen molar-refractivity contribution in [1.82, 2.24) is 4.57 Å². The van der Waals surface area contributed by atoms with Gasteiger partial charge in [-0.25, -0.2) is 0 Å². The molecule has 1 aromatic carbocycles. The number of hydrogen-bond acceptors (Lipinski definition) is 1. The van der Waals surface area contributed by atoms with Crippen molar-refractivity contribution in [3.63, 3.8) is 0 Å². The highest BCUT2D eigenvalue weighted by Crippen LogP contribution is 2.28. The zero-order valence-electron chi connectivity index (χ0n) is 9.09. The fourth-order valence-electron chi connectivity index (χ4n) is 2.61. The maximum Gasteiger partial charge on any atom is 0.0594 e. The molecule has 0 aliphatic carbocycles. The average Bonchev–Trinajstić information content (AvgIpc) is 2.62. The molecule has 1 atom stereocenters. The highest BCUT2D eigenvalue weighted by molar-refractivity contribution is 5.84. The van der Waals surface area contributed by atoms with Crippen LogP contribution in [-0.4, -0.2) is 10.6 Å². The predicted molar refractivity (Wildman–Crippen MR) is 63.3 cm³/mol. The second kappa shape index (κ2) is 3.29. The van der Waals surface area contributed by atoms with E-state index < -0.39 is 0 Å². The van der Waals surface area contributed by atoms with Gasteiger partial charge in [0.1, 0.15) is 0 Å². The van der Waals surface area contributed by atoms with Gasteiger partial charge in [0, 0.05) is 23.0 Å². The lowest BCUT2D eigenvalue weighted by molar-refractivity contribution is 0.539. The third-order valence-corrected chi connectivity index (χ3v) is 3.16. The fraction of sp³-hybridized carbons (Fsp3) is 0.333. The van der Waals surface area contributed by atoms with E-state index in [1.165, 1.54) is 22.0 Å². The standard InChI is InChI=1S/C12H12N4/c1-8-4-9-2-3-16-7-11(14-15-13)6-10(5-8)12(9)16/h2-5,11H,6-7H2,1H3.